The lowest BCUT2D eigenvalue weighted by Crippen LogP contribution is -2.07. The zero-order valence-electron chi connectivity index (χ0n) is 11.5. The van der Waals surface area contributed by atoms with Crippen LogP contribution in [0.15, 0.2) is 21.2 Å². The van der Waals surface area contributed by atoms with Crippen molar-refractivity contribution in [1.29, 1.82) is 0 Å². The first-order valence-electron chi connectivity index (χ1n) is 6.52. The summed E-state index contributed by atoms with van der Waals surface area (Å²) in [4.78, 5) is 9.20. The molecule has 2 aromatic rings. The second-order valence-electron chi connectivity index (χ2n) is 4.33. The lowest BCUT2D eigenvalue weighted by atomic mass is 10.2. The summed E-state index contributed by atoms with van der Waals surface area (Å²) < 4.78 is 6.28. The predicted molar refractivity (Wildman–Crippen MR) is 80.3 cm³/mol. The number of furan rings is 1. The standard InChI is InChI=1S/C14H18BrN3O/c1-4-7-16-14-12(15)11(5-2)17-13(18-14)10-6-8-19-9(10)3/h6,8H,4-5,7H2,1-3H3,(H,16,17,18). The van der Waals surface area contributed by atoms with Gasteiger partial charge in [-0.05, 0) is 41.8 Å². The fraction of sp³-hybridized carbons (Fsp3) is 0.429. The molecule has 0 aliphatic carbocycles. The Morgan fingerprint density at radius 1 is 1.32 bits per heavy atom. The summed E-state index contributed by atoms with van der Waals surface area (Å²) in [7, 11) is 0. The molecular formula is C14H18BrN3O. The third kappa shape index (κ3) is 2.97. The van der Waals surface area contributed by atoms with Crippen molar-refractivity contribution in [3.63, 3.8) is 0 Å². The Morgan fingerprint density at radius 2 is 2.11 bits per heavy atom. The molecule has 2 heterocycles. The first-order chi connectivity index (χ1) is 9.17. The second-order valence-corrected chi connectivity index (χ2v) is 5.12. The number of nitrogens with zero attached hydrogens (tertiary/aromatic N) is 2. The summed E-state index contributed by atoms with van der Waals surface area (Å²) >= 11 is 3.58. The summed E-state index contributed by atoms with van der Waals surface area (Å²) in [6.07, 6.45) is 3.58. The fourth-order valence-electron chi connectivity index (χ4n) is 1.83. The lowest BCUT2D eigenvalue weighted by Gasteiger charge is -2.11. The highest BCUT2D eigenvalue weighted by Gasteiger charge is 2.14. The third-order valence-electron chi connectivity index (χ3n) is 2.90. The molecular weight excluding hydrogens is 306 g/mol. The second kappa shape index (κ2) is 6.19. The van der Waals surface area contributed by atoms with Crippen molar-refractivity contribution < 1.29 is 4.42 Å². The molecule has 0 aliphatic rings. The van der Waals surface area contributed by atoms with E-state index in [0.29, 0.717) is 5.82 Å². The minimum absolute atomic E-state index is 0.713. The van der Waals surface area contributed by atoms with Crippen LogP contribution in [0.1, 0.15) is 31.7 Å². The number of aromatic nitrogens is 2. The van der Waals surface area contributed by atoms with Crippen molar-refractivity contribution >= 4 is 21.7 Å². The average Bonchev–Trinajstić information content (AvgIpc) is 2.84. The van der Waals surface area contributed by atoms with Gasteiger partial charge in [0.2, 0.25) is 0 Å². The van der Waals surface area contributed by atoms with Gasteiger partial charge >= 0.3 is 0 Å². The van der Waals surface area contributed by atoms with E-state index in [0.717, 1.165) is 46.7 Å². The van der Waals surface area contributed by atoms with E-state index < -0.39 is 0 Å². The SMILES string of the molecule is CCCNc1nc(-c2ccoc2C)nc(CC)c1Br. The van der Waals surface area contributed by atoms with Crippen molar-refractivity contribution in [2.45, 2.75) is 33.6 Å². The van der Waals surface area contributed by atoms with Crippen LogP contribution in [0.2, 0.25) is 0 Å². The summed E-state index contributed by atoms with van der Waals surface area (Å²) in [5, 5.41) is 3.33. The van der Waals surface area contributed by atoms with E-state index in [1.165, 1.54) is 0 Å². The molecule has 4 nitrogen and oxygen atoms in total. The van der Waals surface area contributed by atoms with Gasteiger partial charge in [0, 0.05) is 6.54 Å². The van der Waals surface area contributed by atoms with E-state index >= 15 is 0 Å². The zero-order chi connectivity index (χ0) is 13.8. The van der Waals surface area contributed by atoms with Gasteiger partial charge in [0.15, 0.2) is 5.82 Å². The van der Waals surface area contributed by atoms with Crippen LogP contribution in [-0.4, -0.2) is 16.5 Å². The molecule has 2 aromatic heterocycles. The van der Waals surface area contributed by atoms with E-state index in [1.54, 1.807) is 6.26 Å². The molecule has 0 bridgehead atoms. The van der Waals surface area contributed by atoms with E-state index in [-0.39, 0.29) is 0 Å². The molecule has 0 atom stereocenters. The number of hydrogen-bond donors (Lipinski definition) is 1. The fourth-order valence-corrected chi connectivity index (χ4v) is 2.42. The smallest absolute Gasteiger partial charge is 0.165 e. The van der Waals surface area contributed by atoms with Crippen LogP contribution >= 0.6 is 15.9 Å². The molecule has 2 rings (SSSR count). The van der Waals surface area contributed by atoms with Crippen LogP contribution in [0.5, 0.6) is 0 Å². The Morgan fingerprint density at radius 3 is 2.68 bits per heavy atom. The number of halogens is 1. The Labute approximate surface area is 121 Å². The Kier molecular flexibility index (Phi) is 4.58. The molecule has 0 aliphatic heterocycles. The quantitative estimate of drug-likeness (QED) is 0.896. The maximum atomic E-state index is 5.33. The van der Waals surface area contributed by atoms with Gasteiger partial charge in [0.05, 0.1) is 22.0 Å². The van der Waals surface area contributed by atoms with Crippen LogP contribution in [0.4, 0.5) is 5.82 Å². The minimum Gasteiger partial charge on any atom is -0.469 e. The van der Waals surface area contributed by atoms with Gasteiger partial charge in [-0.2, -0.15) is 0 Å². The van der Waals surface area contributed by atoms with Crippen molar-refractivity contribution in [3.05, 3.63) is 28.3 Å². The molecule has 0 aromatic carbocycles. The van der Waals surface area contributed by atoms with Gasteiger partial charge in [-0.25, -0.2) is 9.97 Å². The first kappa shape index (κ1) is 14.1. The van der Waals surface area contributed by atoms with Gasteiger partial charge in [0.25, 0.3) is 0 Å². The maximum absolute atomic E-state index is 5.33. The molecule has 0 saturated carbocycles. The van der Waals surface area contributed by atoms with Gasteiger partial charge in [0.1, 0.15) is 11.6 Å². The third-order valence-corrected chi connectivity index (χ3v) is 3.73. The largest absolute Gasteiger partial charge is 0.469 e. The van der Waals surface area contributed by atoms with Crippen molar-refractivity contribution in [3.8, 4) is 11.4 Å². The Hall–Kier alpha value is -1.36. The summed E-state index contributed by atoms with van der Waals surface area (Å²) in [5.74, 6) is 2.40. The molecule has 5 heteroatoms. The van der Waals surface area contributed by atoms with Crippen LogP contribution in [0.25, 0.3) is 11.4 Å². The van der Waals surface area contributed by atoms with Crippen molar-refractivity contribution in [1.82, 2.24) is 9.97 Å². The number of aryl methyl sites for hydroxylation is 2. The number of rotatable bonds is 5. The molecule has 0 radical (unpaired) electrons. The van der Waals surface area contributed by atoms with Crippen molar-refractivity contribution in [2.24, 2.45) is 0 Å². The number of nitrogens with one attached hydrogen (secondary N) is 1. The van der Waals surface area contributed by atoms with E-state index in [2.05, 4.69) is 45.1 Å². The number of hydrogen-bond acceptors (Lipinski definition) is 4. The number of anilines is 1. The lowest BCUT2D eigenvalue weighted by molar-refractivity contribution is 0.535. The monoisotopic (exact) mass is 323 g/mol. The van der Waals surface area contributed by atoms with Gasteiger partial charge in [-0.3, -0.25) is 0 Å². The summed E-state index contributed by atoms with van der Waals surface area (Å²) in [5.41, 5.74) is 1.95. The summed E-state index contributed by atoms with van der Waals surface area (Å²) in [6, 6.07) is 1.90. The molecule has 102 valence electrons. The van der Waals surface area contributed by atoms with Crippen LogP contribution in [0, 0.1) is 6.92 Å². The average molecular weight is 324 g/mol. The van der Waals surface area contributed by atoms with Crippen LogP contribution in [0.3, 0.4) is 0 Å². The highest BCUT2D eigenvalue weighted by Crippen LogP contribution is 2.29. The minimum atomic E-state index is 0.713. The topological polar surface area (TPSA) is 51.0 Å². The molecule has 0 unspecified atom stereocenters. The molecule has 0 saturated heterocycles. The maximum Gasteiger partial charge on any atom is 0.165 e. The molecule has 0 amide bonds. The van der Waals surface area contributed by atoms with E-state index in [9.17, 15) is 0 Å². The molecule has 0 spiro atoms. The first-order valence-corrected chi connectivity index (χ1v) is 7.31. The zero-order valence-corrected chi connectivity index (χ0v) is 13.0. The van der Waals surface area contributed by atoms with Gasteiger partial charge < -0.3 is 9.73 Å². The van der Waals surface area contributed by atoms with Gasteiger partial charge in [-0.15, -0.1) is 0 Å². The molecule has 0 fully saturated rings. The van der Waals surface area contributed by atoms with Crippen LogP contribution < -0.4 is 5.32 Å². The normalized spacial score (nSPS) is 10.7. The predicted octanol–water partition coefficient (Wildman–Crippen LogP) is 4.19. The van der Waals surface area contributed by atoms with E-state index in [4.69, 9.17) is 4.42 Å². The Balaban J connectivity index is 2.47. The summed E-state index contributed by atoms with van der Waals surface area (Å²) in [6.45, 7) is 7.03. The van der Waals surface area contributed by atoms with Gasteiger partial charge in [-0.1, -0.05) is 13.8 Å². The highest BCUT2D eigenvalue weighted by atomic mass is 79.9. The van der Waals surface area contributed by atoms with E-state index in [1.807, 2.05) is 13.0 Å². The van der Waals surface area contributed by atoms with Crippen molar-refractivity contribution in [2.75, 3.05) is 11.9 Å². The Bertz CT molecular complexity index is 566. The van der Waals surface area contributed by atoms with Crippen LogP contribution in [-0.2, 0) is 6.42 Å². The molecule has 19 heavy (non-hydrogen) atoms. The highest BCUT2D eigenvalue weighted by molar-refractivity contribution is 9.10. The molecule has 1 N–H and O–H groups in total.